The second-order valence-electron chi connectivity index (χ2n) is 8.17. The van der Waals surface area contributed by atoms with Crippen molar-refractivity contribution in [3.63, 3.8) is 0 Å². The third kappa shape index (κ3) is 6.24. The summed E-state index contributed by atoms with van der Waals surface area (Å²) in [6, 6.07) is 9.16. The van der Waals surface area contributed by atoms with E-state index >= 15 is 0 Å². The number of carbonyl (C=O) groups excluding carboxylic acids is 2. The predicted molar refractivity (Wildman–Crippen MR) is 106 cm³/mol. The maximum Gasteiger partial charge on any atom is 0.410 e. The number of benzene rings is 1. The summed E-state index contributed by atoms with van der Waals surface area (Å²) in [5.41, 5.74) is 0.406. The minimum Gasteiger partial charge on any atom is -0.444 e. The molecule has 1 aliphatic rings. The second-order valence-corrected chi connectivity index (χ2v) is 8.17. The van der Waals surface area contributed by atoms with Crippen LogP contribution in [0.1, 0.15) is 45.6 Å². The fourth-order valence-electron chi connectivity index (χ4n) is 3.22. The second kappa shape index (κ2) is 9.22. The topological polar surface area (TPSA) is 53.1 Å². The summed E-state index contributed by atoms with van der Waals surface area (Å²) < 4.78 is 5.50. The summed E-state index contributed by atoms with van der Waals surface area (Å²) >= 11 is 0. The van der Waals surface area contributed by atoms with Gasteiger partial charge >= 0.3 is 6.09 Å². The van der Waals surface area contributed by atoms with Gasteiger partial charge in [-0.2, -0.15) is 0 Å². The molecule has 1 atom stereocenters. The van der Waals surface area contributed by atoms with Crippen LogP contribution in [0.5, 0.6) is 0 Å². The largest absolute Gasteiger partial charge is 0.444 e. The van der Waals surface area contributed by atoms with E-state index in [9.17, 15) is 9.59 Å². The molecular formula is C21H33N3O3. The maximum absolute atomic E-state index is 13.3. The monoisotopic (exact) mass is 375 g/mol. The van der Waals surface area contributed by atoms with Gasteiger partial charge in [-0.3, -0.25) is 14.7 Å². The Hall–Kier alpha value is -2.08. The van der Waals surface area contributed by atoms with Crippen molar-refractivity contribution in [2.24, 2.45) is 0 Å². The molecule has 150 valence electrons. The van der Waals surface area contributed by atoms with Gasteiger partial charge in [0.1, 0.15) is 11.6 Å². The van der Waals surface area contributed by atoms with Gasteiger partial charge in [0.15, 0.2) is 0 Å². The van der Waals surface area contributed by atoms with Crippen molar-refractivity contribution in [3.05, 3.63) is 35.9 Å². The van der Waals surface area contributed by atoms with Crippen LogP contribution in [0.2, 0.25) is 0 Å². The molecule has 1 aromatic carbocycles. The van der Waals surface area contributed by atoms with E-state index in [-0.39, 0.29) is 5.91 Å². The Bertz CT molecular complexity index is 621. The van der Waals surface area contributed by atoms with Crippen molar-refractivity contribution < 1.29 is 14.3 Å². The quantitative estimate of drug-likeness (QED) is 0.792. The van der Waals surface area contributed by atoms with E-state index in [0.29, 0.717) is 6.42 Å². The minimum atomic E-state index is -0.617. The van der Waals surface area contributed by atoms with Crippen molar-refractivity contribution in [2.75, 3.05) is 27.2 Å². The van der Waals surface area contributed by atoms with E-state index in [1.165, 1.54) is 11.3 Å². The zero-order valence-corrected chi connectivity index (χ0v) is 17.3. The Kier molecular flexibility index (Phi) is 7.25. The van der Waals surface area contributed by atoms with E-state index in [2.05, 4.69) is 5.01 Å². The van der Waals surface area contributed by atoms with E-state index < -0.39 is 17.7 Å². The fraction of sp³-hybridized carbons (Fsp3) is 0.619. The van der Waals surface area contributed by atoms with Crippen molar-refractivity contribution in [1.82, 2.24) is 14.9 Å². The van der Waals surface area contributed by atoms with Crippen LogP contribution in [0.25, 0.3) is 0 Å². The van der Waals surface area contributed by atoms with Gasteiger partial charge < -0.3 is 4.74 Å². The molecule has 27 heavy (non-hydrogen) atoms. The Morgan fingerprint density at radius 1 is 1.07 bits per heavy atom. The minimum absolute atomic E-state index is 0.0888. The molecule has 1 fully saturated rings. The number of piperidine rings is 1. The van der Waals surface area contributed by atoms with Gasteiger partial charge in [0.25, 0.3) is 5.91 Å². The summed E-state index contributed by atoms with van der Waals surface area (Å²) in [6.45, 7) is 7.22. The van der Waals surface area contributed by atoms with Crippen molar-refractivity contribution in [1.29, 1.82) is 0 Å². The van der Waals surface area contributed by atoms with E-state index in [0.717, 1.165) is 31.5 Å². The van der Waals surface area contributed by atoms with Crippen LogP contribution in [-0.4, -0.2) is 65.7 Å². The van der Waals surface area contributed by atoms with E-state index in [1.807, 2.05) is 51.1 Å². The molecule has 1 heterocycles. The number of nitrogens with zero attached hydrogens (tertiary/aromatic N) is 3. The standard InChI is InChI=1S/C21H33N3O3/c1-21(2,3)27-20(26)22(4)18(16-17-12-8-6-9-13-17)19(25)23(5)24-14-10-7-11-15-24/h6,8-9,12-13,18H,7,10-11,14-16H2,1-5H3. The lowest BCUT2D eigenvalue weighted by molar-refractivity contribution is -0.152. The molecule has 2 amide bonds. The van der Waals surface area contributed by atoms with Crippen molar-refractivity contribution in [3.8, 4) is 0 Å². The van der Waals surface area contributed by atoms with Crippen LogP contribution in [0.4, 0.5) is 4.79 Å². The van der Waals surface area contributed by atoms with Gasteiger partial charge in [-0.25, -0.2) is 9.80 Å². The average Bonchev–Trinajstić information content (AvgIpc) is 2.64. The summed E-state index contributed by atoms with van der Waals surface area (Å²) in [6.07, 6.45) is 3.34. The summed E-state index contributed by atoms with van der Waals surface area (Å²) in [4.78, 5) is 27.3. The molecule has 0 spiro atoms. The first-order chi connectivity index (χ1) is 12.7. The first-order valence-corrected chi connectivity index (χ1v) is 9.71. The van der Waals surface area contributed by atoms with Crippen molar-refractivity contribution >= 4 is 12.0 Å². The average molecular weight is 376 g/mol. The van der Waals surface area contributed by atoms with Crippen LogP contribution >= 0.6 is 0 Å². The molecular weight excluding hydrogens is 342 g/mol. The van der Waals surface area contributed by atoms with Gasteiger partial charge in [0.05, 0.1) is 0 Å². The van der Waals surface area contributed by atoms with E-state index in [1.54, 1.807) is 19.1 Å². The lowest BCUT2D eigenvalue weighted by Crippen LogP contribution is -2.55. The molecule has 6 nitrogen and oxygen atoms in total. The SMILES string of the molecule is CN(C(=O)OC(C)(C)C)C(Cc1ccccc1)C(=O)N(C)N1CCCCC1. The first-order valence-electron chi connectivity index (χ1n) is 9.71. The molecule has 1 aromatic rings. The zero-order chi connectivity index (χ0) is 20.0. The Morgan fingerprint density at radius 2 is 1.67 bits per heavy atom. The highest BCUT2D eigenvalue weighted by molar-refractivity contribution is 5.85. The maximum atomic E-state index is 13.3. The van der Waals surface area contributed by atoms with E-state index in [4.69, 9.17) is 4.74 Å². The van der Waals surface area contributed by atoms with Crippen LogP contribution in [0, 0.1) is 0 Å². The van der Waals surface area contributed by atoms with Gasteiger partial charge in [-0.1, -0.05) is 36.8 Å². The normalized spacial score (nSPS) is 16.5. The first kappa shape index (κ1) is 21.2. The lowest BCUT2D eigenvalue weighted by atomic mass is 10.0. The number of ether oxygens (including phenoxy) is 1. The Morgan fingerprint density at radius 3 is 2.22 bits per heavy atom. The molecule has 1 unspecified atom stereocenters. The van der Waals surface area contributed by atoms with Crippen LogP contribution in [0.15, 0.2) is 30.3 Å². The van der Waals surface area contributed by atoms with Gasteiger partial charge in [-0.15, -0.1) is 0 Å². The number of hydrazine groups is 1. The highest BCUT2D eigenvalue weighted by Gasteiger charge is 2.34. The van der Waals surface area contributed by atoms with Crippen LogP contribution < -0.4 is 0 Å². The molecule has 0 aromatic heterocycles. The zero-order valence-electron chi connectivity index (χ0n) is 17.3. The molecule has 1 aliphatic heterocycles. The number of carbonyl (C=O) groups is 2. The molecule has 0 saturated carbocycles. The fourth-order valence-corrected chi connectivity index (χ4v) is 3.22. The van der Waals surface area contributed by atoms with Gasteiger partial charge in [-0.05, 0) is 39.2 Å². The molecule has 0 radical (unpaired) electrons. The van der Waals surface area contributed by atoms with Gasteiger partial charge in [0.2, 0.25) is 0 Å². The molecule has 1 saturated heterocycles. The Balaban J connectivity index is 2.19. The number of rotatable bonds is 5. The smallest absolute Gasteiger partial charge is 0.410 e. The number of amides is 2. The molecule has 0 N–H and O–H groups in total. The van der Waals surface area contributed by atoms with Crippen molar-refractivity contribution in [2.45, 2.75) is 58.1 Å². The van der Waals surface area contributed by atoms with Crippen LogP contribution in [-0.2, 0) is 16.0 Å². The summed E-state index contributed by atoms with van der Waals surface area (Å²) in [5.74, 6) is -0.0888. The lowest BCUT2D eigenvalue weighted by Gasteiger charge is -2.38. The highest BCUT2D eigenvalue weighted by Crippen LogP contribution is 2.17. The molecule has 0 aliphatic carbocycles. The molecule has 0 bridgehead atoms. The third-order valence-electron chi connectivity index (χ3n) is 4.78. The number of likely N-dealkylation sites (N-methyl/N-ethyl adjacent to an activating group) is 2. The summed E-state index contributed by atoms with van der Waals surface area (Å²) in [5, 5.41) is 3.76. The number of hydrogen-bond acceptors (Lipinski definition) is 4. The Labute approximate surface area is 163 Å². The number of hydrogen-bond donors (Lipinski definition) is 0. The molecule has 6 heteroatoms. The molecule has 2 rings (SSSR count). The van der Waals surface area contributed by atoms with Crippen LogP contribution in [0.3, 0.4) is 0 Å². The third-order valence-corrected chi connectivity index (χ3v) is 4.78. The summed E-state index contributed by atoms with van der Waals surface area (Å²) in [7, 11) is 3.44. The predicted octanol–water partition coefficient (Wildman–Crippen LogP) is 3.32. The highest BCUT2D eigenvalue weighted by atomic mass is 16.6. The van der Waals surface area contributed by atoms with Gasteiger partial charge in [0, 0.05) is 33.6 Å².